The van der Waals surface area contributed by atoms with Gasteiger partial charge in [0, 0.05) is 39.8 Å². The fourth-order valence-corrected chi connectivity index (χ4v) is 4.50. The third kappa shape index (κ3) is 6.87. The summed E-state index contributed by atoms with van der Waals surface area (Å²) in [5.41, 5.74) is 5.04. The van der Waals surface area contributed by atoms with E-state index >= 15 is 4.39 Å². The van der Waals surface area contributed by atoms with Crippen molar-refractivity contribution >= 4 is 17.9 Å². The first-order valence-corrected chi connectivity index (χ1v) is 13.1. The summed E-state index contributed by atoms with van der Waals surface area (Å²) in [4.78, 5) is 36.1. The Balaban J connectivity index is 1.59. The Labute approximate surface area is 238 Å². The fraction of sp³-hybridized carbons (Fsp3) is 0.206. The van der Waals surface area contributed by atoms with E-state index in [4.69, 9.17) is 14.2 Å². The van der Waals surface area contributed by atoms with E-state index in [1.54, 1.807) is 25.1 Å². The molecule has 0 aromatic heterocycles. The van der Waals surface area contributed by atoms with Crippen LogP contribution in [0.5, 0.6) is 11.5 Å². The molecule has 0 fully saturated rings. The van der Waals surface area contributed by atoms with E-state index in [1.807, 2.05) is 18.2 Å². The van der Waals surface area contributed by atoms with E-state index in [0.29, 0.717) is 28.9 Å². The standard InChI is InChI=1S/C34H31FO6/c1-19(2)32(36)39-18-22-13-23-7-8-24(15-26(23)14-22)28-11-9-25(16-30(28)35)29-12-10-27(40-33(37)20(3)4)17-31(29)41-34(38)21(5)6/h7-12,15-17,22H,1,3,5,13-14,18H2,2,4,6H3. The molecule has 0 saturated carbocycles. The number of ether oxygens (including phenoxy) is 3. The average molecular weight is 555 g/mol. The summed E-state index contributed by atoms with van der Waals surface area (Å²) in [7, 11) is 0. The van der Waals surface area contributed by atoms with E-state index in [9.17, 15) is 14.4 Å². The van der Waals surface area contributed by atoms with Gasteiger partial charge in [-0.15, -0.1) is 0 Å². The van der Waals surface area contributed by atoms with Crippen molar-refractivity contribution in [2.24, 2.45) is 5.92 Å². The summed E-state index contributed by atoms with van der Waals surface area (Å²) in [6.07, 6.45) is 1.51. The van der Waals surface area contributed by atoms with Crippen molar-refractivity contribution in [1.82, 2.24) is 0 Å². The monoisotopic (exact) mass is 554 g/mol. The second kappa shape index (κ2) is 12.2. The highest BCUT2D eigenvalue weighted by Gasteiger charge is 2.24. The average Bonchev–Trinajstić information content (AvgIpc) is 3.33. The highest BCUT2D eigenvalue weighted by atomic mass is 19.1. The topological polar surface area (TPSA) is 78.9 Å². The predicted molar refractivity (Wildman–Crippen MR) is 155 cm³/mol. The molecule has 0 saturated heterocycles. The molecule has 1 atom stereocenters. The van der Waals surface area contributed by atoms with Gasteiger partial charge in [-0.3, -0.25) is 0 Å². The molecule has 41 heavy (non-hydrogen) atoms. The van der Waals surface area contributed by atoms with Crippen molar-refractivity contribution in [2.75, 3.05) is 6.61 Å². The summed E-state index contributed by atoms with van der Waals surface area (Å²) in [6.45, 7) is 15.7. The summed E-state index contributed by atoms with van der Waals surface area (Å²) in [5.74, 6) is -1.75. The van der Waals surface area contributed by atoms with E-state index < -0.39 is 23.7 Å². The lowest BCUT2D eigenvalue weighted by molar-refractivity contribution is -0.140. The fourth-order valence-electron chi connectivity index (χ4n) is 4.50. The largest absolute Gasteiger partial charge is 0.462 e. The predicted octanol–water partition coefficient (Wildman–Crippen LogP) is 6.96. The van der Waals surface area contributed by atoms with Gasteiger partial charge in [0.25, 0.3) is 0 Å². The van der Waals surface area contributed by atoms with Crippen LogP contribution in [0.15, 0.2) is 91.1 Å². The number of hydrogen-bond acceptors (Lipinski definition) is 6. The maximum atomic E-state index is 15.5. The van der Waals surface area contributed by atoms with Crippen molar-refractivity contribution in [2.45, 2.75) is 33.6 Å². The van der Waals surface area contributed by atoms with Gasteiger partial charge in [0.05, 0.1) is 6.61 Å². The van der Waals surface area contributed by atoms with E-state index in [2.05, 4.69) is 19.7 Å². The van der Waals surface area contributed by atoms with Gasteiger partial charge in [0.15, 0.2) is 0 Å². The molecule has 0 N–H and O–H groups in total. The highest BCUT2D eigenvalue weighted by Crippen LogP contribution is 2.37. The van der Waals surface area contributed by atoms with Crippen LogP contribution >= 0.6 is 0 Å². The first-order chi connectivity index (χ1) is 19.4. The van der Waals surface area contributed by atoms with Crippen molar-refractivity contribution < 1.29 is 33.0 Å². The molecule has 210 valence electrons. The molecule has 1 aliphatic carbocycles. The molecule has 3 aromatic rings. The van der Waals surface area contributed by atoms with Crippen LogP contribution in [0, 0.1) is 11.7 Å². The zero-order valence-corrected chi connectivity index (χ0v) is 23.3. The molecule has 0 heterocycles. The van der Waals surface area contributed by atoms with Crippen LogP contribution in [0.1, 0.15) is 31.9 Å². The zero-order chi connectivity index (χ0) is 29.8. The SMILES string of the molecule is C=C(C)C(=O)OCC1Cc2ccc(-c3ccc(-c4ccc(OC(=O)C(=C)C)cc4OC(=O)C(=C)C)cc3F)cc2C1. The lowest BCUT2D eigenvalue weighted by Crippen LogP contribution is -2.14. The van der Waals surface area contributed by atoms with Crippen LogP contribution in [0.3, 0.4) is 0 Å². The zero-order valence-electron chi connectivity index (χ0n) is 23.3. The lowest BCUT2D eigenvalue weighted by Gasteiger charge is -2.14. The van der Waals surface area contributed by atoms with Crippen LogP contribution in [0.2, 0.25) is 0 Å². The van der Waals surface area contributed by atoms with E-state index in [1.165, 1.54) is 32.0 Å². The van der Waals surface area contributed by atoms with Crippen molar-refractivity contribution in [3.63, 3.8) is 0 Å². The van der Waals surface area contributed by atoms with E-state index in [-0.39, 0.29) is 28.6 Å². The molecule has 0 spiro atoms. The molecule has 0 aliphatic heterocycles. The smallest absolute Gasteiger partial charge is 0.338 e. The highest BCUT2D eigenvalue weighted by molar-refractivity contribution is 5.91. The molecule has 0 bridgehead atoms. The Morgan fingerprint density at radius 1 is 0.732 bits per heavy atom. The third-order valence-electron chi connectivity index (χ3n) is 6.68. The van der Waals surface area contributed by atoms with Crippen LogP contribution in [0.4, 0.5) is 4.39 Å². The quantitative estimate of drug-likeness (QED) is 0.162. The molecule has 0 radical (unpaired) electrons. The van der Waals surface area contributed by atoms with Gasteiger partial charge in [-0.1, -0.05) is 50.1 Å². The van der Waals surface area contributed by atoms with Gasteiger partial charge >= 0.3 is 17.9 Å². The molecule has 6 nitrogen and oxygen atoms in total. The molecular formula is C34H31FO6. The van der Waals surface area contributed by atoms with Gasteiger partial charge in [0.1, 0.15) is 17.3 Å². The van der Waals surface area contributed by atoms with Crippen molar-refractivity contribution in [3.8, 4) is 33.8 Å². The maximum Gasteiger partial charge on any atom is 0.338 e. The third-order valence-corrected chi connectivity index (χ3v) is 6.68. The Kier molecular flexibility index (Phi) is 8.67. The Morgan fingerprint density at radius 2 is 1.32 bits per heavy atom. The van der Waals surface area contributed by atoms with Gasteiger partial charge in [-0.05, 0) is 74.1 Å². The minimum Gasteiger partial charge on any atom is -0.462 e. The number of carbonyl (C=O) groups is 3. The second-order valence-corrected chi connectivity index (χ2v) is 10.3. The Morgan fingerprint density at radius 3 is 1.98 bits per heavy atom. The Bertz CT molecular complexity index is 1600. The number of rotatable bonds is 9. The van der Waals surface area contributed by atoms with Crippen LogP contribution in [-0.4, -0.2) is 24.5 Å². The van der Waals surface area contributed by atoms with Gasteiger partial charge in [-0.25, -0.2) is 18.8 Å². The van der Waals surface area contributed by atoms with Gasteiger partial charge < -0.3 is 14.2 Å². The molecule has 1 aliphatic rings. The number of fused-ring (bicyclic) bond motifs is 1. The van der Waals surface area contributed by atoms with E-state index in [0.717, 1.165) is 29.5 Å². The number of esters is 3. The molecule has 0 amide bonds. The lowest BCUT2D eigenvalue weighted by atomic mass is 9.97. The molecule has 1 unspecified atom stereocenters. The normalized spacial score (nSPS) is 13.6. The van der Waals surface area contributed by atoms with Crippen LogP contribution in [0.25, 0.3) is 22.3 Å². The Hall–Kier alpha value is -4.78. The first kappa shape index (κ1) is 29.2. The summed E-state index contributed by atoms with van der Waals surface area (Å²) in [6, 6.07) is 15.1. The molecule has 3 aromatic carbocycles. The van der Waals surface area contributed by atoms with Gasteiger partial charge in [0.2, 0.25) is 0 Å². The van der Waals surface area contributed by atoms with Gasteiger partial charge in [-0.2, -0.15) is 0 Å². The summed E-state index contributed by atoms with van der Waals surface area (Å²) in [5, 5.41) is 0. The van der Waals surface area contributed by atoms with Crippen LogP contribution < -0.4 is 9.47 Å². The summed E-state index contributed by atoms with van der Waals surface area (Å²) >= 11 is 0. The van der Waals surface area contributed by atoms with Crippen LogP contribution in [-0.2, 0) is 32.0 Å². The second-order valence-electron chi connectivity index (χ2n) is 10.3. The number of hydrogen-bond donors (Lipinski definition) is 0. The number of benzene rings is 3. The number of halogens is 1. The molecular weight excluding hydrogens is 523 g/mol. The van der Waals surface area contributed by atoms with Crippen molar-refractivity contribution in [3.05, 3.63) is 108 Å². The molecule has 4 rings (SSSR count). The van der Waals surface area contributed by atoms with Crippen molar-refractivity contribution in [1.29, 1.82) is 0 Å². The minimum absolute atomic E-state index is 0.0908. The molecule has 7 heteroatoms. The first-order valence-electron chi connectivity index (χ1n) is 13.1. The number of carbonyl (C=O) groups excluding carboxylic acids is 3. The maximum absolute atomic E-state index is 15.5. The summed E-state index contributed by atoms with van der Waals surface area (Å²) < 4.78 is 31.6. The minimum atomic E-state index is -0.669.